The molecule has 0 spiro atoms. The van der Waals surface area contributed by atoms with E-state index in [-0.39, 0.29) is 5.91 Å². The van der Waals surface area contributed by atoms with Gasteiger partial charge in [-0.15, -0.1) is 0 Å². The summed E-state index contributed by atoms with van der Waals surface area (Å²) in [5, 5.41) is 1.18. The Kier molecular flexibility index (Phi) is 3.19. The Hall–Kier alpha value is -1.42. The minimum atomic E-state index is -0.179. The van der Waals surface area contributed by atoms with Crippen LogP contribution < -0.4 is 0 Å². The lowest BCUT2D eigenvalue weighted by Gasteiger charge is -2.15. The monoisotopic (exact) mass is 194 g/mol. The van der Waals surface area contributed by atoms with Crippen molar-refractivity contribution < 1.29 is 9.63 Å². The lowest BCUT2D eigenvalue weighted by atomic mass is 10.1. The third-order valence-electron chi connectivity index (χ3n) is 2.26. The topological polar surface area (TPSA) is 42.4 Å². The van der Waals surface area contributed by atoms with Crippen molar-refractivity contribution in [1.29, 1.82) is 0 Å². The Morgan fingerprint density at radius 3 is 2.64 bits per heavy atom. The van der Waals surface area contributed by atoms with Gasteiger partial charge in [0.15, 0.2) is 0 Å². The van der Waals surface area contributed by atoms with Gasteiger partial charge in [-0.2, -0.15) is 0 Å². The molecule has 1 aromatic heterocycles. The van der Waals surface area contributed by atoms with Gasteiger partial charge < -0.3 is 0 Å². The van der Waals surface area contributed by atoms with Gasteiger partial charge in [-0.25, -0.2) is 5.06 Å². The van der Waals surface area contributed by atoms with Crippen LogP contribution >= 0.6 is 0 Å². The van der Waals surface area contributed by atoms with E-state index in [4.69, 9.17) is 4.84 Å². The fraction of sp³-hybridized carbons (Fsp3) is 0.400. The van der Waals surface area contributed by atoms with Gasteiger partial charge in [-0.05, 0) is 25.0 Å². The predicted molar refractivity (Wildman–Crippen MR) is 52.8 cm³/mol. The average Bonchev–Trinajstić information content (AvgIpc) is 2.20. The highest BCUT2D eigenvalue weighted by Crippen LogP contribution is 2.12. The third-order valence-corrected chi connectivity index (χ3v) is 2.26. The van der Waals surface area contributed by atoms with Crippen LogP contribution in [0.15, 0.2) is 12.4 Å². The molecule has 0 aliphatic heterocycles. The molecule has 0 unspecified atom stereocenters. The second-order valence-corrected chi connectivity index (χ2v) is 3.11. The summed E-state index contributed by atoms with van der Waals surface area (Å²) in [4.78, 5) is 20.5. The van der Waals surface area contributed by atoms with Gasteiger partial charge in [0.1, 0.15) is 0 Å². The predicted octanol–water partition coefficient (Wildman–Crippen LogP) is 1.33. The van der Waals surface area contributed by atoms with Crippen LogP contribution in [0.4, 0.5) is 0 Å². The van der Waals surface area contributed by atoms with Gasteiger partial charge in [0, 0.05) is 19.4 Å². The summed E-state index contributed by atoms with van der Waals surface area (Å²) >= 11 is 0. The normalized spacial score (nSPS) is 10.0. The molecule has 0 saturated carbocycles. The first kappa shape index (κ1) is 10.7. The molecule has 4 nitrogen and oxygen atoms in total. The first-order chi connectivity index (χ1) is 6.57. The number of rotatable bonds is 2. The minimum absolute atomic E-state index is 0.179. The number of amides is 1. The highest BCUT2D eigenvalue weighted by atomic mass is 16.7. The SMILES string of the molecule is CON(C)C(=O)c1cncc(C)c1C. The van der Waals surface area contributed by atoms with Crippen molar-refractivity contribution in [2.45, 2.75) is 13.8 Å². The van der Waals surface area contributed by atoms with Gasteiger partial charge in [0.25, 0.3) is 5.91 Å². The van der Waals surface area contributed by atoms with E-state index < -0.39 is 0 Å². The maximum Gasteiger partial charge on any atom is 0.278 e. The molecule has 0 atom stereocenters. The molecule has 0 saturated heterocycles. The molecule has 1 amide bonds. The van der Waals surface area contributed by atoms with Crippen LogP contribution in [0.3, 0.4) is 0 Å². The van der Waals surface area contributed by atoms with E-state index in [1.807, 2.05) is 13.8 Å². The van der Waals surface area contributed by atoms with Crippen LogP contribution in [0, 0.1) is 13.8 Å². The number of aryl methyl sites for hydroxylation is 1. The maximum atomic E-state index is 11.7. The quantitative estimate of drug-likeness (QED) is 0.667. The van der Waals surface area contributed by atoms with Crippen molar-refractivity contribution in [2.75, 3.05) is 14.2 Å². The van der Waals surface area contributed by atoms with Gasteiger partial charge in [0.2, 0.25) is 0 Å². The zero-order valence-corrected chi connectivity index (χ0v) is 8.87. The Bertz CT molecular complexity index is 350. The zero-order valence-electron chi connectivity index (χ0n) is 8.87. The van der Waals surface area contributed by atoms with Gasteiger partial charge >= 0.3 is 0 Å². The van der Waals surface area contributed by atoms with Gasteiger partial charge in [-0.3, -0.25) is 14.6 Å². The average molecular weight is 194 g/mol. The molecule has 1 aromatic rings. The van der Waals surface area contributed by atoms with Crippen molar-refractivity contribution in [1.82, 2.24) is 10.0 Å². The Morgan fingerprint density at radius 2 is 2.07 bits per heavy atom. The Balaban J connectivity index is 3.07. The Labute approximate surface area is 83.5 Å². The molecule has 0 aliphatic carbocycles. The first-order valence-corrected chi connectivity index (χ1v) is 4.31. The smallest absolute Gasteiger partial charge is 0.274 e. The summed E-state index contributed by atoms with van der Waals surface area (Å²) in [5.41, 5.74) is 2.52. The molecule has 1 heterocycles. The molecule has 76 valence electrons. The van der Waals surface area contributed by atoms with E-state index in [1.54, 1.807) is 19.4 Å². The number of carbonyl (C=O) groups is 1. The molecule has 4 heteroatoms. The zero-order chi connectivity index (χ0) is 10.7. The summed E-state index contributed by atoms with van der Waals surface area (Å²) in [5.74, 6) is -0.179. The molecular formula is C10H14N2O2. The lowest BCUT2D eigenvalue weighted by Crippen LogP contribution is -2.26. The van der Waals surface area contributed by atoms with E-state index in [2.05, 4.69) is 4.98 Å². The largest absolute Gasteiger partial charge is 0.278 e. The van der Waals surface area contributed by atoms with Crippen LogP contribution in [0.5, 0.6) is 0 Å². The second-order valence-electron chi connectivity index (χ2n) is 3.11. The molecule has 0 fully saturated rings. The second kappa shape index (κ2) is 4.19. The van der Waals surface area contributed by atoms with E-state index in [0.717, 1.165) is 11.1 Å². The van der Waals surface area contributed by atoms with Gasteiger partial charge in [0.05, 0.1) is 12.7 Å². The number of pyridine rings is 1. The molecule has 0 aliphatic rings. The number of hydrogen-bond acceptors (Lipinski definition) is 3. The number of hydroxylamine groups is 2. The molecular weight excluding hydrogens is 180 g/mol. The highest BCUT2D eigenvalue weighted by molar-refractivity contribution is 5.94. The van der Waals surface area contributed by atoms with E-state index in [9.17, 15) is 4.79 Å². The molecule has 0 radical (unpaired) electrons. The molecule has 0 bridgehead atoms. The molecule has 1 rings (SSSR count). The number of aromatic nitrogens is 1. The Morgan fingerprint density at radius 1 is 1.43 bits per heavy atom. The molecule has 14 heavy (non-hydrogen) atoms. The summed E-state index contributed by atoms with van der Waals surface area (Å²) in [6.07, 6.45) is 3.29. The van der Waals surface area contributed by atoms with Crippen LogP contribution in [0.1, 0.15) is 21.5 Å². The van der Waals surface area contributed by atoms with E-state index in [1.165, 1.54) is 12.2 Å². The van der Waals surface area contributed by atoms with Crippen LogP contribution in [-0.2, 0) is 4.84 Å². The maximum absolute atomic E-state index is 11.7. The van der Waals surface area contributed by atoms with Crippen molar-refractivity contribution >= 4 is 5.91 Å². The first-order valence-electron chi connectivity index (χ1n) is 4.31. The fourth-order valence-electron chi connectivity index (χ4n) is 1.10. The summed E-state index contributed by atoms with van der Waals surface area (Å²) in [6.45, 7) is 3.82. The highest BCUT2D eigenvalue weighted by Gasteiger charge is 2.14. The van der Waals surface area contributed by atoms with Crippen LogP contribution in [0.25, 0.3) is 0 Å². The van der Waals surface area contributed by atoms with E-state index in [0.29, 0.717) is 5.56 Å². The van der Waals surface area contributed by atoms with Crippen LogP contribution in [-0.4, -0.2) is 30.1 Å². The summed E-state index contributed by atoms with van der Waals surface area (Å²) < 4.78 is 0. The van der Waals surface area contributed by atoms with Crippen molar-refractivity contribution in [2.24, 2.45) is 0 Å². The molecule has 0 aromatic carbocycles. The molecule has 0 N–H and O–H groups in total. The standard InChI is InChI=1S/C10H14N2O2/c1-7-5-11-6-9(8(7)2)10(13)12(3)14-4/h5-6H,1-4H3. The van der Waals surface area contributed by atoms with E-state index >= 15 is 0 Å². The summed E-state index contributed by atoms with van der Waals surface area (Å²) in [7, 11) is 3.03. The summed E-state index contributed by atoms with van der Waals surface area (Å²) in [6, 6.07) is 0. The van der Waals surface area contributed by atoms with Crippen molar-refractivity contribution in [3.05, 3.63) is 29.1 Å². The van der Waals surface area contributed by atoms with Crippen LogP contribution in [0.2, 0.25) is 0 Å². The minimum Gasteiger partial charge on any atom is -0.274 e. The van der Waals surface area contributed by atoms with Crippen molar-refractivity contribution in [3.8, 4) is 0 Å². The third kappa shape index (κ3) is 1.90. The van der Waals surface area contributed by atoms with Crippen molar-refractivity contribution in [3.63, 3.8) is 0 Å². The lowest BCUT2D eigenvalue weighted by molar-refractivity contribution is -0.0757. The number of nitrogens with zero attached hydrogens (tertiary/aromatic N) is 2. The number of hydrogen-bond donors (Lipinski definition) is 0. The number of carbonyl (C=O) groups excluding carboxylic acids is 1. The fourth-order valence-corrected chi connectivity index (χ4v) is 1.10. The van der Waals surface area contributed by atoms with Gasteiger partial charge in [-0.1, -0.05) is 0 Å².